The highest BCUT2D eigenvalue weighted by atomic mass is 16.5. The fourth-order valence-electron chi connectivity index (χ4n) is 2.26. The molecule has 7 heteroatoms. The van der Waals surface area contributed by atoms with Crippen molar-refractivity contribution in [3.8, 4) is 5.75 Å². The van der Waals surface area contributed by atoms with Crippen LogP contribution < -0.4 is 15.4 Å². The number of carbonyl (C=O) groups is 2. The van der Waals surface area contributed by atoms with Crippen molar-refractivity contribution in [2.45, 2.75) is 40.3 Å². The minimum atomic E-state index is -0.612. The molecule has 1 aromatic heterocycles. The number of aryl methyl sites for hydroxylation is 2. The molecule has 7 nitrogen and oxygen atoms in total. The van der Waals surface area contributed by atoms with E-state index in [2.05, 4.69) is 15.8 Å². The van der Waals surface area contributed by atoms with Crippen molar-refractivity contribution in [1.29, 1.82) is 0 Å². The van der Waals surface area contributed by atoms with Gasteiger partial charge in [-0.25, -0.2) is 0 Å². The number of amides is 2. The van der Waals surface area contributed by atoms with Crippen LogP contribution in [-0.2, 0) is 11.4 Å². The van der Waals surface area contributed by atoms with E-state index in [4.69, 9.17) is 9.26 Å². The first-order valence-electron chi connectivity index (χ1n) is 8.15. The summed E-state index contributed by atoms with van der Waals surface area (Å²) in [7, 11) is 0. The molecule has 0 unspecified atom stereocenters. The van der Waals surface area contributed by atoms with Crippen LogP contribution in [0.25, 0.3) is 0 Å². The molecule has 2 N–H and O–H groups in total. The molecule has 0 spiro atoms. The van der Waals surface area contributed by atoms with Gasteiger partial charge in [-0.2, -0.15) is 0 Å². The van der Waals surface area contributed by atoms with Gasteiger partial charge in [-0.3, -0.25) is 9.59 Å². The molecule has 25 heavy (non-hydrogen) atoms. The SMILES string of the molecule is CCNC(=O)[C@H](C)NC(=O)c1cccc(OCc2c(C)noc2C)c1. The fraction of sp³-hybridized carbons (Fsp3) is 0.389. The lowest BCUT2D eigenvalue weighted by Gasteiger charge is -2.14. The molecule has 2 aromatic rings. The molecule has 1 atom stereocenters. The van der Waals surface area contributed by atoms with E-state index in [0.29, 0.717) is 30.2 Å². The standard InChI is InChI=1S/C18H23N3O4/c1-5-19-17(22)12(3)20-18(23)14-7-6-8-15(9-14)24-10-16-11(2)21-25-13(16)4/h6-9,12H,5,10H2,1-4H3,(H,19,22)(H,20,23)/t12-/m0/s1. The summed E-state index contributed by atoms with van der Waals surface area (Å²) < 4.78 is 10.8. The molecule has 0 fully saturated rings. The second-order valence-electron chi connectivity index (χ2n) is 5.71. The van der Waals surface area contributed by atoms with Crippen LogP contribution in [0.3, 0.4) is 0 Å². The van der Waals surface area contributed by atoms with Gasteiger partial charge in [0.05, 0.1) is 11.3 Å². The number of hydrogen-bond acceptors (Lipinski definition) is 5. The van der Waals surface area contributed by atoms with E-state index in [9.17, 15) is 9.59 Å². The van der Waals surface area contributed by atoms with Gasteiger partial charge < -0.3 is 19.9 Å². The Balaban J connectivity index is 2.00. The van der Waals surface area contributed by atoms with Gasteiger partial charge in [0.15, 0.2) is 0 Å². The summed E-state index contributed by atoms with van der Waals surface area (Å²) in [6.45, 7) is 7.96. The zero-order valence-electron chi connectivity index (χ0n) is 14.9. The number of nitrogens with one attached hydrogen (secondary N) is 2. The minimum Gasteiger partial charge on any atom is -0.489 e. The Labute approximate surface area is 146 Å². The summed E-state index contributed by atoms with van der Waals surface area (Å²) in [5.74, 6) is 0.712. The molecule has 1 aromatic carbocycles. The third-order valence-corrected chi connectivity index (χ3v) is 3.75. The van der Waals surface area contributed by atoms with E-state index in [1.54, 1.807) is 31.2 Å². The predicted molar refractivity (Wildman–Crippen MR) is 92.4 cm³/mol. The van der Waals surface area contributed by atoms with E-state index in [0.717, 1.165) is 11.3 Å². The average Bonchev–Trinajstić information content (AvgIpc) is 2.91. The number of benzene rings is 1. The van der Waals surface area contributed by atoms with Gasteiger partial charge in [0.1, 0.15) is 24.2 Å². The molecule has 1 heterocycles. The van der Waals surface area contributed by atoms with Crippen LogP contribution in [0.5, 0.6) is 5.75 Å². The quantitative estimate of drug-likeness (QED) is 0.802. The molecular weight excluding hydrogens is 322 g/mol. The van der Waals surface area contributed by atoms with E-state index in [1.165, 1.54) is 0 Å². The minimum absolute atomic E-state index is 0.221. The van der Waals surface area contributed by atoms with Gasteiger partial charge in [0, 0.05) is 12.1 Å². The third kappa shape index (κ3) is 4.82. The first kappa shape index (κ1) is 18.5. The van der Waals surface area contributed by atoms with Crippen molar-refractivity contribution in [2.24, 2.45) is 0 Å². The smallest absolute Gasteiger partial charge is 0.252 e. The number of likely N-dealkylation sites (N-methyl/N-ethyl adjacent to an activating group) is 1. The Hall–Kier alpha value is -2.83. The highest BCUT2D eigenvalue weighted by Gasteiger charge is 2.16. The van der Waals surface area contributed by atoms with Crippen molar-refractivity contribution >= 4 is 11.8 Å². The molecular formula is C18H23N3O4. The Morgan fingerprint density at radius 1 is 1.32 bits per heavy atom. The zero-order valence-corrected chi connectivity index (χ0v) is 14.9. The van der Waals surface area contributed by atoms with Crippen LogP contribution in [0, 0.1) is 13.8 Å². The van der Waals surface area contributed by atoms with Gasteiger partial charge in [0.2, 0.25) is 5.91 Å². The van der Waals surface area contributed by atoms with Gasteiger partial charge in [-0.1, -0.05) is 11.2 Å². The monoisotopic (exact) mass is 345 g/mol. The van der Waals surface area contributed by atoms with E-state index < -0.39 is 6.04 Å². The number of aromatic nitrogens is 1. The molecule has 0 bridgehead atoms. The molecule has 2 rings (SSSR count). The molecule has 2 amide bonds. The lowest BCUT2D eigenvalue weighted by atomic mass is 10.2. The number of nitrogens with zero attached hydrogens (tertiary/aromatic N) is 1. The van der Waals surface area contributed by atoms with Crippen LogP contribution in [0.1, 0.15) is 41.2 Å². The maximum atomic E-state index is 12.3. The molecule has 0 saturated carbocycles. The van der Waals surface area contributed by atoms with Gasteiger partial charge in [0.25, 0.3) is 5.91 Å². The van der Waals surface area contributed by atoms with Crippen LogP contribution in [0.15, 0.2) is 28.8 Å². The van der Waals surface area contributed by atoms with Crippen molar-refractivity contribution in [3.05, 3.63) is 46.8 Å². The summed E-state index contributed by atoms with van der Waals surface area (Å²) in [4.78, 5) is 24.0. The molecule has 0 aliphatic carbocycles. The largest absolute Gasteiger partial charge is 0.489 e. The second kappa shape index (κ2) is 8.32. The van der Waals surface area contributed by atoms with Crippen LogP contribution in [0.2, 0.25) is 0 Å². The number of ether oxygens (including phenoxy) is 1. The summed E-state index contributed by atoms with van der Waals surface area (Å²) in [5.41, 5.74) is 2.09. The van der Waals surface area contributed by atoms with E-state index in [-0.39, 0.29) is 11.8 Å². The molecule has 134 valence electrons. The third-order valence-electron chi connectivity index (χ3n) is 3.75. The Morgan fingerprint density at radius 2 is 2.08 bits per heavy atom. The second-order valence-corrected chi connectivity index (χ2v) is 5.71. The summed E-state index contributed by atoms with van der Waals surface area (Å²) in [5, 5.41) is 9.21. The summed E-state index contributed by atoms with van der Waals surface area (Å²) >= 11 is 0. The zero-order chi connectivity index (χ0) is 18.4. The molecule has 0 saturated heterocycles. The van der Waals surface area contributed by atoms with E-state index >= 15 is 0 Å². The molecule has 0 radical (unpaired) electrons. The van der Waals surface area contributed by atoms with Crippen molar-refractivity contribution in [1.82, 2.24) is 15.8 Å². The predicted octanol–water partition coefficient (Wildman–Crippen LogP) is 2.12. The number of rotatable bonds is 7. The van der Waals surface area contributed by atoms with E-state index in [1.807, 2.05) is 20.8 Å². The number of hydrogen-bond donors (Lipinski definition) is 2. The highest BCUT2D eigenvalue weighted by molar-refractivity contribution is 5.97. The first-order valence-corrected chi connectivity index (χ1v) is 8.15. The Morgan fingerprint density at radius 3 is 2.72 bits per heavy atom. The Bertz CT molecular complexity index is 735. The lowest BCUT2D eigenvalue weighted by molar-refractivity contribution is -0.122. The fourth-order valence-corrected chi connectivity index (χ4v) is 2.26. The first-order chi connectivity index (χ1) is 11.9. The molecule has 0 aliphatic rings. The van der Waals surface area contributed by atoms with Crippen LogP contribution in [0.4, 0.5) is 0 Å². The van der Waals surface area contributed by atoms with Gasteiger partial charge in [-0.05, 0) is 45.9 Å². The van der Waals surface area contributed by atoms with Crippen molar-refractivity contribution in [3.63, 3.8) is 0 Å². The van der Waals surface area contributed by atoms with Gasteiger partial charge >= 0.3 is 0 Å². The number of carbonyl (C=O) groups excluding carboxylic acids is 2. The van der Waals surface area contributed by atoms with Crippen molar-refractivity contribution in [2.75, 3.05) is 6.54 Å². The average molecular weight is 345 g/mol. The topological polar surface area (TPSA) is 93.5 Å². The normalized spacial score (nSPS) is 11.7. The van der Waals surface area contributed by atoms with Crippen LogP contribution >= 0.6 is 0 Å². The highest BCUT2D eigenvalue weighted by Crippen LogP contribution is 2.18. The Kier molecular flexibility index (Phi) is 6.16. The van der Waals surface area contributed by atoms with Gasteiger partial charge in [-0.15, -0.1) is 0 Å². The summed E-state index contributed by atoms with van der Waals surface area (Å²) in [6.07, 6.45) is 0. The van der Waals surface area contributed by atoms with Crippen LogP contribution in [-0.4, -0.2) is 29.6 Å². The maximum absolute atomic E-state index is 12.3. The summed E-state index contributed by atoms with van der Waals surface area (Å²) in [6, 6.07) is 6.19. The lowest BCUT2D eigenvalue weighted by Crippen LogP contribution is -2.44. The maximum Gasteiger partial charge on any atom is 0.252 e. The molecule has 0 aliphatic heterocycles. The van der Waals surface area contributed by atoms with Crippen molar-refractivity contribution < 1.29 is 18.8 Å².